The Labute approximate surface area is 120 Å². The Bertz CT molecular complexity index is 823. The van der Waals surface area contributed by atoms with Crippen LogP contribution in [-0.4, -0.2) is 9.97 Å². The van der Waals surface area contributed by atoms with Crippen molar-refractivity contribution < 1.29 is 0 Å². The van der Waals surface area contributed by atoms with Gasteiger partial charge in [0.2, 0.25) is 0 Å². The van der Waals surface area contributed by atoms with Crippen molar-refractivity contribution in [1.82, 2.24) is 9.97 Å². The van der Waals surface area contributed by atoms with Crippen molar-refractivity contribution in [2.45, 2.75) is 9.79 Å². The number of nitrogens with zero attached hydrogens (tertiary/aromatic N) is 3. The summed E-state index contributed by atoms with van der Waals surface area (Å²) in [4.78, 5) is 10.0. The lowest BCUT2D eigenvalue weighted by Crippen LogP contribution is -1.92. The van der Waals surface area contributed by atoms with Crippen molar-refractivity contribution >= 4 is 28.4 Å². The van der Waals surface area contributed by atoms with E-state index in [9.17, 15) is 5.26 Å². The van der Waals surface area contributed by atoms with Gasteiger partial charge in [0.15, 0.2) is 0 Å². The van der Waals surface area contributed by atoms with E-state index in [1.54, 1.807) is 18.6 Å². The minimum absolute atomic E-state index is 0.546. The fourth-order valence-electron chi connectivity index (χ4n) is 1.90. The molecule has 4 nitrogen and oxygen atoms in total. The van der Waals surface area contributed by atoms with E-state index >= 15 is 0 Å². The summed E-state index contributed by atoms with van der Waals surface area (Å²) in [5.41, 5.74) is 7.93. The van der Waals surface area contributed by atoms with Crippen LogP contribution in [-0.2, 0) is 0 Å². The van der Waals surface area contributed by atoms with Crippen LogP contribution in [0, 0.1) is 11.3 Å². The minimum atomic E-state index is 0.546. The standard InChI is InChI=1S/C15H10N4S/c16-7-10-8-19-13-4-2-1-3-11(13)15(10)20-14-5-6-18-9-12(14)17/h1-6,8-9H,17H2. The molecule has 0 bridgehead atoms. The molecule has 3 rings (SSSR count). The largest absolute Gasteiger partial charge is 0.397 e. The Morgan fingerprint density at radius 3 is 2.80 bits per heavy atom. The van der Waals surface area contributed by atoms with Crippen LogP contribution in [0.1, 0.15) is 5.56 Å². The molecule has 20 heavy (non-hydrogen) atoms. The predicted octanol–water partition coefficient (Wildman–Crippen LogP) is 3.23. The van der Waals surface area contributed by atoms with E-state index in [0.29, 0.717) is 11.3 Å². The maximum Gasteiger partial charge on any atom is 0.102 e. The van der Waals surface area contributed by atoms with Gasteiger partial charge in [-0.3, -0.25) is 9.97 Å². The fraction of sp³-hybridized carbons (Fsp3) is 0. The summed E-state index contributed by atoms with van der Waals surface area (Å²) in [6.45, 7) is 0. The van der Waals surface area contributed by atoms with E-state index in [4.69, 9.17) is 5.73 Å². The fourth-order valence-corrected chi connectivity index (χ4v) is 2.91. The third-order valence-corrected chi connectivity index (χ3v) is 4.10. The molecule has 0 aliphatic carbocycles. The summed E-state index contributed by atoms with van der Waals surface area (Å²) in [5.74, 6) is 0. The number of fused-ring (bicyclic) bond motifs is 1. The first-order valence-corrected chi connectivity index (χ1v) is 6.76. The molecular weight excluding hydrogens is 268 g/mol. The van der Waals surface area contributed by atoms with Crippen LogP contribution in [0.3, 0.4) is 0 Å². The molecule has 96 valence electrons. The highest BCUT2D eigenvalue weighted by Gasteiger charge is 2.11. The number of nitrogens with two attached hydrogens (primary N) is 1. The molecule has 0 saturated carbocycles. The van der Waals surface area contributed by atoms with E-state index in [2.05, 4.69) is 16.0 Å². The predicted molar refractivity (Wildman–Crippen MR) is 79.2 cm³/mol. The molecule has 3 aromatic rings. The Balaban J connectivity index is 2.20. The van der Waals surface area contributed by atoms with Crippen molar-refractivity contribution in [1.29, 1.82) is 5.26 Å². The molecular formula is C15H10N4S. The smallest absolute Gasteiger partial charge is 0.102 e. The summed E-state index contributed by atoms with van der Waals surface area (Å²) in [7, 11) is 0. The van der Waals surface area contributed by atoms with Crippen LogP contribution in [0.5, 0.6) is 0 Å². The highest BCUT2D eigenvalue weighted by molar-refractivity contribution is 7.99. The lowest BCUT2D eigenvalue weighted by molar-refractivity contribution is 1.26. The lowest BCUT2D eigenvalue weighted by atomic mass is 10.2. The minimum Gasteiger partial charge on any atom is -0.397 e. The zero-order chi connectivity index (χ0) is 13.9. The Kier molecular flexibility index (Phi) is 3.23. The zero-order valence-corrected chi connectivity index (χ0v) is 11.3. The van der Waals surface area contributed by atoms with E-state index in [1.807, 2.05) is 30.3 Å². The van der Waals surface area contributed by atoms with Gasteiger partial charge in [-0.2, -0.15) is 5.26 Å². The molecule has 0 fully saturated rings. The number of nitriles is 1. The Morgan fingerprint density at radius 2 is 2.00 bits per heavy atom. The average molecular weight is 278 g/mol. The van der Waals surface area contributed by atoms with Gasteiger partial charge >= 0.3 is 0 Å². The van der Waals surface area contributed by atoms with Crippen molar-refractivity contribution in [2.75, 3.05) is 5.73 Å². The van der Waals surface area contributed by atoms with E-state index in [-0.39, 0.29) is 0 Å². The third kappa shape index (κ3) is 2.17. The summed E-state index contributed by atoms with van der Waals surface area (Å²) >= 11 is 1.47. The van der Waals surface area contributed by atoms with Crippen molar-refractivity contribution in [3.05, 3.63) is 54.5 Å². The maximum absolute atomic E-state index is 9.28. The molecule has 0 radical (unpaired) electrons. The topological polar surface area (TPSA) is 75.6 Å². The van der Waals surface area contributed by atoms with Gasteiger partial charge in [0.05, 0.1) is 23.0 Å². The molecule has 0 unspecified atom stereocenters. The molecule has 0 aliphatic rings. The average Bonchev–Trinajstić information content (AvgIpc) is 2.50. The van der Waals surface area contributed by atoms with Crippen LogP contribution in [0.4, 0.5) is 5.69 Å². The number of anilines is 1. The van der Waals surface area contributed by atoms with Crippen LogP contribution in [0.25, 0.3) is 10.9 Å². The van der Waals surface area contributed by atoms with Gasteiger partial charge in [0.25, 0.3) is 0 Å². The highest BCUT2D eigenvalue weighted by Crippen LogP contribution is 2.37. The van der Waals surface area contributed by atoms with Gasteiger partial charge in [-0.05, 0) is 12.1 Å². The number of hydrogen-bond donors (Lipinski definition) is 1. The quantitative estimate of drug-likeness (QED) is 0.778. The molecule has 0 atom stereocenters. The number of rotatable bonds is 2. The van der Waals surface area contributed by atoms with Gasteiger partial charge in [-0.25, -0.2) is 0 Å². The van der Waals surface area contributed by atoms with Gasteiger partial charge < -0.3 is 5.73 Å². The first-order valence-electron chi connectivity index (χ1n) is 5.95. The molecule has 2 heterocycles. The Morgan fingerprint density at radius 1 is 1.15 bits per heavy atom. The van der Waals surface area contributed by atoms with Crippen LogP contribution >= 0.6 is 11.8 Å². The molecule has 5 heteroatoms. The van der Waals surface area contributed by atoms with Crippen molar-refractivity contribution in [3.8, 4) is 6.07 Å². The van der Waals surface area contributed by atoms with Gasteiger partial charge in [0, 0.05) is 27.6 Å². The first kappa shape index (κ1) is 12.5. The molecule has 0 amide bonds. The molecule has 2 aromatic heterocycles. The molecule has 0 aliphatic heterocycles. The molecule has 1 aromatic carbocycles. The van der Waals surface area contributed by atoms with E-state index < -0.39 is 0 Å². The number of hydrogen-bond acceptors (Lipinski definition) is 5. The van der Waals surface area contributed by atoms with Gasteiger partial charge in [-0.15, -0.1) is 0 Å². The lowest BCUT2D eigenvalue weighted by Gasteiger charge is -2.09. The number of aromatic nitrogens is 2. The van der Waals surface area contributed by atoms with E-state index in [1.165, 1.54) is 11.8 Å². The van der Waals surface area contributed by atoms with Gasteiger partial charge in [0.1, 0.15) is 6.07 Å². The monoisotopic (exact) mass is 278 g/mol. The number of benzene rings is 1. The Hall–Kier alpha value is -2.58. The van der Waals surface area contributed by atoms with Crippen LogP contribution in [0.2, 0.25) is 0 Å². The van der Waals surface area contributed by atoms with Crippen molar-refractivity contribution in [3.63, 3.8) is 0 Å². The number of para-hydroxylation sites is 1. The van der Waals surface area contributed by atoms with E-state index in [0.717, 1.165) is 20.7 Å². The van der Waals surface area contributed by atoms with Crippen LogP contribution in [0.15, 0.2) is 58.7 Å². The van der Waals surface area contributed by atoms with Gasteiger partial charge in [-0.1, -0.05) is 30.0 Å². The zero-order valence-electron chi connectivity index (χ0n) is 10.4. The normalized spacial score (nSPS) is 10.3. The second-order valence-electron chi connectivity index (χ2n) is 4.15. The molecule has 0 spiro atoms. The highest BCUT2D eigenvalue weighted by atomic mass is 32.2. The summed E-state index contributed by atoms with van der Waals surface area (Å²) < 4.78 is 0. The second kappa shape index (κ2) is 5.19. The summed E-state index contributed by atoms with van der Waals surface area (Å²) in [6.07, 6.45) is 4.90. The third-order valence-electron chi connectivity index (χ3n) is 2.87. The van der Waals surface area contributed by atoms with Crippen LogP contribution < -0.4 is 5.73 Å². The molecule has 0 saturated heterocycles. The summed E-state index contributed by atoms with van der Waals surface area (Å²) in [5, 5.41) is 10.2. The SMILES string of the molecule is N#Cc1cnc2ccccc2c1Sc1ccncc1N. The van der Waals surface area contributed by atoms with Crippen molar-refractivity contribution in [2.24, 2.45) is 0 Å². The summed E-state index contributed by atoms with van der Waals surface area (Å²) in [6, 6.07) is 11.8. The number of nitrogen functional groups attached to an aromatic ring is 1. The first-order chi connectivity index (χ1) is 9.79. The maximum atomic E-state index is 9.28. The number of pyridine rings is 2. The molecule has 2 N–H and O–H groups in total. The second-order valence-corrected chi connectivity index (χ2v) is 5.20.